The SMILES string of the molecule is CCn1ncc(N2CCOCC2)c(OC)c1=O. The van der Waals surface area contributed by atoms with Gasteiger partial charge in [-0.1, -0.05) is 0 Å². The maximum Gasteiger partial charge on any atom is 0.311 e. The zero-order valence-electron chi connectivity index (χ0n) is 10.2. The Labute approximate surface area is 99.7 Å². The molecule has 0 spiro atoms. The van der Waals surface area contributed by atoms with Crippen LogP contribution in [0, 0.1) is 0 Å². The number of hydrogen-bond acceptors (Lipinski definition) is 5. The number of ether oxygens (including phenoxy) is 2. The van der Waals surface area contributed by atoms with Crippen molar-refractivity contribution in [1.29, 1.82) is 0 Å². The summed E-state index contributed by atoms with van der Waals surface area (Å²) in [5.74, 6) is 0.365. The minimum atomic E-state index is -0.181. The summed E-state index contributed by atoms with van der Waals surface area (Å²) in [5.41, 5.74) is 0.574. The molecule has 2 heterocycles. The molecule has 1 fully saturated rings. The summed E-state index contributed by atoms with van der Waals surface area (Å²) in [5, 5.41) is 4.12. The lowest BCUT2D eigenvalue weighted by Gasteiger charge is -2.29. The van der Waals surface area contributed by atoms with Crippen molar-refractivity contribution in [2.45, 2.75) is 13.5 Å². The van der Waals surface area contributed by atoms with E-state index < -0.39 is 0 Å². The van der Waals surface area contributed by atoms with Crippen LogP contribution in [-0.2, 0) is 11.3 Å². The third-order valence-electron chi connectivity index (χ3n) is 2.84. The molecule has 1 saturated heterocycles. The highest BCUT2D eigenvalue weighted by Gasteiger charge is 2.19. The number of rotatable bonds is 3. The van der Waals surface area contributed by atoms with Gasteiger partial charge in [0.05, 0.1) is 26.5 Å². The minimum Gasteiger partial charge on any atom is -0.490 e. The molecule has 1 aromatic rings. The van der Waals surface area contributed by atoms with E-state index >= 15 is 0 Å². The molecule has 2 rings (SSSR count). The molecule has 0 amide bonds. The monoisotopic (exact) mass is 239 g/mol. The van der Waals surface area contributed by atoms with E-state index in [0.717, 1.165) is 18.8 Å². The van der Waals surface area contributed by atoms with Gasteiger partial charge in [0.25, 0.3) is 0 Å². The van der Waals surface area contributed by atoms with Gasteiger partial charge < -0.3 is 14.4 Å². The Kier molecular flexibility index (Phi) is 3.63. The summed E-state index contributed by atoms with van der Waals surface area (Å²) in [7, 11) is 1.51. The summed E-state index contributed by atoms with van der Waals surface area (Å²) in [4.78, 5) is 14.1. The standard InChI is InChI=1S/C11H17N3O3/c1-3-14-11(15)10(16-2)9(8-12-14)13-4-6-17-7-5-13/h8H,3-7H2,1-2H3. The van der Waals surface area contributed by atoms with Gasteiger partial charge in [-0.15, -0.1) is 0 Å². The average molecular weight is 239 g/mol. The van der Waals surface area contributed by atoms with E-state index in [1.54, 1.807) is 6.20 Å². The zero-order chi connectivity index (χ0) is 12.3. The van der Waals surface area contributed by atoms with Crippen LogP contribution >= 0.6 is 0 Å². The van der Waals surface area contributed by atoms with Crippen LogP contribution in [0.2, 0.25) is 0 Å². The van der Waals surface area contributed by atoms with Gasteiger partial charge in [-0.05, 0) is 6.92 Å². The summed E-state index contributed by atoms with van der Waals surface area (Å²) in [6.45, 7) is 5.27. The van der Waals surface area contributed by atoms with Gasteiger partial charge in [0.1, 0.15) is 5.69 Å². The van der Waals surface area contributed by atoms with Crippen molar-refractivity contribution in [3.05, 3.63) is 16.6 Å². The molecule has 6 nitrogen and oxygen atoms in total. The van der Waals surface area contributed by atoms with Gasteiger partial charge in [0, 0.05) is 19.6 Å². The zero-order valence-corrected chi connectivity index (χ0v) is 10.2. The van der Waals surface area contributed by atoms with Crippen LogP contribution in [0.4, 0.5) is 5.69 Å². The molecule has 94 valence electrons. The Morgan fingerprint density at radius 1 is 1.47 bits per heavy atom. The van der Waals surface area contributed by atoms with Gasteiger partial charge in [0.2, 0.25) is 5.75 Å². The predicted octanol–water partition coefficient (Wildman–Crippen LogP) is 0.108. The average Bonchev–Trinajstić information content (AvgIpc) is 2.39. The third kappa shape index (κ3) is 2.26. The molecular weight excluding hydrogens is 222 g/mol. The van der Waals surface area contributed by atoms with Gasteiger partial charge in [-0.2, -0.15) is 5.10 Å². The predicted molar refractivity (Wildman–Crippen MR) is 63.8 cm³/mol. The Morgan fingerprint density at radius 2 is 2.18 bits per heavy atom. The van der Waals surface area contributed by atoms with E-state index in [9.17, 15) is 4.79 Å². The molecule has 17 heavy (non-hydrogen) atoms. The van der Waals surface area contributed by atoms with E-state index in [-0.39, 0.29) is 5.56 Å². The summed E-state index contributed by atoms with van der Waals surface area (Å²) < 4.78 is 11.9. The molecule has 0 aromatic carbocycles. The van der Waals surface area contributed by atoms with Crippen molar-refractivity contribution in [1.82, 2.24) is 9.78 Å². The summed E-state index contributed by atoms with van der Waals surface area (Å²) in [6, 6.07) is 0. The highest BCUT2D eigenvalue weighted by Crippen LogP contribution is 2.23. The first-order chi connectivity index (χ1) is 8.27. The largest absolute Gasteiger partial charge is 0.490 e. The quantitative estimate of drug-likeness (QED) is 0.749. The molecular formula is C11H17N3O3. The number of morpholine rings is 1. The smallest absolute Gasteiger partial charge is 0.311 e. The molecule has 0 N–H and O–H groups in total. The van der Waals surface area contributed by atoms with E-state index in [0.29, 0.717) is 25.5 Å². The maximum absolute atomic E-state index is 12.0. The fraction of sp³-hybridized carbons (Fsp3) is 0.636. The lowest BCUT2D eigenvalue weighted by atomic mass is 10.3. The molecule has 1 aliphatic heterocycles. The minimum absolute atomic E-state index is 0.181. The van der Waals surface area contributed by atoms with E-state index in [4.69, 9.17) is 9.47 Å². The van der Waals surface area contributed by atoms with Gasteiger partial charge in [-0.25, -0.2) is 4.68 Å². The second kappa shape index (κ2) is 5.18. The lowest BCUT2D eigenvalue weighted by molar-refractivity contribution is 0.122. The van der Waals surface area contributed by atoms with E-state index in [2.05, 4.69) is 10.00 Å². The molecule has 1 aromatic heterocycles. The Morgan fingerprint density at radius 3 is 2.76 bits per heavy atom. The molecule has 6 heteroatoms. The first-order valence-electron chi connectivity index (χ1n) is 5.74. The summed E-state index contributed by atoms with van der Waals surface area (Å²) in [6.07, 6.45) is 1.69. The highest BCUT2D eigenvalue weighted by atomic mass is 16.5. The molecule has 0 unspecified atom stereocenters. The normalized spacial score (nSPS) is 16.0. The Hall–Kier alpha value is -1.56. The first kappa shape index (κ1) is 11.9. The van der Waals surface area contributed by atoms with Crippen LogP contribution in [0.3, 0.4) is 0 Å². The molecule has 0 aliphatic carbocycles. The fourth-order valence-corrected chi connectivity index (χ4v) is 1.91. The third-order valence-corrected chi connectivity index (χ3v) is 2.84. The molecule has 1 aliphatic rings. The van der Waals surface area contributed by atoms with Crippen molar-refractivity contribution in [2.75, 3.05) is 38.3 Å². The molecule has 0 atom stereocenters. The van der Waals surface area contributed by atoms with Gasteiger partial charge in [0.15, 0.2) is 0 Å². The second-order valence-electron chi connectivity index (χ2n) is 3.78. The van der Waals surface area contributed by atoms with Gasteiger partial charge in [-0.3, -0.25) is 4.79 Å². The molecule has 0 bridgehead atoms. The Bertz CT molecular complexity index is 438. The number of methoxy groups -OCH3 is 1. The number of aryl methyl sites for hydroxylation is 1. The number of anilines is 1. The van der Waals surface area contributed by atoms with Crippen LogP contribution in [0.25, 0.3) is 0 Å². The van der Waals surface area contributed by atoms with Gasteiger partial charge >= 0.3 is 5.56 Å². The number of hydrogen-bond donors (Lipinski definition) is 0. The van der Waals surface area contributed by atoms with Crippen molar-refractivity contribution in [3.63, 3.8) is 0 Å². The topological polar surface area (TPSA) is 56.6 Å². The molecule has 0 saturated carbocycles. The Balaban J connectivity index is 2.39. The number of aromatic nitrogens is 2. The highest BCUT2D eigenvalue weighted by molar-refractivity contribution is 5.55. The summed E-state index contributed by atoms with van der Waals surface area (Å²) >= 11 is 0. The molecule has 0 radical (unpaired) electrons. The number of nitrogens with zero attached hydrogens (tertiary/aromatic N) is 3. The lowest BCUT2D eigenvalue weighted by Crippen LogP contribution is -2.38. The van der Waals surface area contributed by atoms with E-state index in [1.807, 2.05) is 6.92 Å². The van der Waals surface area contributed by atoms with E-state index in [1.165, 1.54) is 11.8 Å². The van der Waals surface area contributed by atoms with Crippen molar-refractivity contribution in [2.24, 2.45) is 0 Å². The van der Waals surface area contributed by atoms with Crippen LogP contribution in [-0.4, -0.2) is 43.2 Å². The fourth-order valence-electron chi connectivity index (χ4n) is 1.91. The first-order valence-corrected chi connectivity index (χ1v) is 5.74. The van der Waals surface area contributed by atoms with Crippen molar-refractivity contribution >= 4 is 5.69 Å². The van der Waals surface area contributed by atoms with Crippen LogP contribution in [0.1, 0.15) is 6.92 Å². The maximum atomic E-state index is 12.0. The van der Waals surface area contributed by atoms with Crippen LogP contribution in [0.5, 0.6) is 5.75 Å². The van der Waals surface area contributed by atoms with Crippen LogP contribution in [0.15, 0.2) is 11.0 Å². The van der Waals surface area contributed by atoms with Crippen molar-refractivity contribution < 1.29 is 9.47 Å². The van der Waals surface area contributed by atoms with Crippen molar-refractivity contribution in [3.8, 4) is 5.75 Å². The van der Waals surface area contributed by atoms with Crippen LogP contribution < -0.4 is 15.2 Å². The second-order valence-corrected chi connectivity index (χ2v) is 3.78.